The highest BCUT2D eigenvalue weighted by molar-refractivity contribution is 5.85. The molecule has 2 N–H and O–H groups in total. The lowest BCUT2D eigenvalue weighted by Crippen LogP contribution is -2.46. The van der Waals surface area contributed by atoms with Crippen LogP contribution in [0.1, 0.15) is 5.56 Å². The van der Waals surface area contributed by atoms with Crippen molar-refractivity contribution in [2.24, 2.45) is 0 Å². The van der Waals surface area contributed by atoms with E-state index in [9.17, 15) is 18.0 Å². The van der Waals surface area contributed by atoms with Crippen LogP contribution in [-0.2, 0) is 11.0 Å². The number of hydrogen-bond acceptors (Lipinski definition) is 4. The van der Waals surface area contributed by atoms with Crippen molar-refractivity contribution in [3.8, 4) is 5.75 Å². The van der Waals surface area contributed by atoms with E-state index in [0.717, 1.165) is 44.9 Å². The van der Waals surface area contributed by atoms with Crippen molar-refractivity contribution >= 4 is 18.3 Å². The van der Waals surface area contributed by atoms with Crippen molar-refractivity contribution in [1.82, 2.24) is 15.5 Å². The number of nitrogens with one attached hydrogen (secondary N) is 2. The highest BCUT2D eigenvalue weighted by Gasteiger charge is 2.30. The minimum Gasteiger partial charge on any atom is -0.484 e. The number of benzene rings is 1. The molecule has 1 fully saturated rings. The van der Waals surface area contributed by atoms with Crippen LogP contribution in [0.5, 0.6) is 5.75 Å². The fraction of sp³-hybridized carbons (Fsp3) is 0.533. The second-order valence-corrected chi connectivity index (χ2v) is 5.25. The zero-order valence-corrected chi connectivity index (χ0v) is 13.9. The quantitative estimate of drug-likeness (QED) is 0.800. The molecule has 1 heterocycles. The number of alkyl halides is 3. The molecule has 1 aromatic carbocycles. The molecular formula is C15H21ClF3N3O2. The Bertz CT molecular complexity index is 506. The average Bonchev–Trinajstić information content (AvgIpc) is 2.53. The van der Waals surface area contributed by atoms with Crippen LogP contribution in [0.2, 0.25) is 0 Å². The van der Waals surface area contributed by atoms with Crippen LogP contribution in [0.4, 0.5) is 13.2 Å². The number of rotatable bonds is 6. The normalized spacial score (nSPS) is 15.5. The fourth-order valence-electron chi connectivity index (χ4n) is 2.23. The molecule has 0 radical (unpaired) electrons. The predicted octanol–water partition coefficient (Wildman–Crippen LogP) is 1.53. The SMILES string of the molecule is Cl.O=C(COc1ccc(C(F)(F)F)cc1)NCCN1CCNCC1. The molecule has 5 nitrogen and oxygen atoms in total. The first-order valence-corrected chi connectivity index (χ1v) is 7.45. The van der Waals surface area contributed by atoms with Gasteiger partial charge < -0.3 is 15.4 Å². The van der Waals surface area contributed by atoms with E-state index in [1.165, 1.54) is 12.1 Å². The van der Waals surface area contributed by atoms with Gasteiger partial charge in [-0.1, -0.05) is 0 Å². The van der Waals surface area contributed by atoms with Gasteiger partial charge in [-0.25, -0.2) is 0 Å². The highest BCUT2D eigenvalue weighted by atomic mass is 35.5. The zero-order chi connectivity index (χ0) is 16.7. The summed E-state index contributed by atoms with van der Waals surface area (Å²) >= 11 is 0. The number of halogens is 4. The van der Waals surface area contributed by atoms with Gasteiger partial charge in [0.05, 0.1) is 5.56 Å². The smallest absolute Gasteiger partial charge is 0.416 e. The molecule has 1 aliphatic heterocycles. The van der Waals surface area contributed by atoms with Crippen molar-refractivity contribution in [3.63, 3.8) is 0 Å². The van der Waals surface area contributed by atoms with Crippen LogP contribution in [0, 0.1) is 0 Å². The third kappa shape index (κ3) is 6.94. The van der Waals surface area contributed by atoms with Gasteiger partial charge in [-0.3, -0.25) is 9.69 Å². The number of piperazine rings is 1. The third-order valence-electron chi connectivity index (χ3n) is 3.51. The van der Waals surface area contributed by atoms with E-state index >= 15 is 0 Å². The predicted molar refractivity (Wildman–Crippen MR) is 86.5 cm³/mol. The van der Waals surface area contributed by atoms with Gasteiger partial charge in [-0.05, 0) is 24.3 Å². The van der Waals surface area contributed by atoms with Crippen molar-refractivity contribution in [2.45, 2.75) is 6.18 Å². The monoisotopic (exact) mass is 367 g/mol. The second kappa shape index (κ2) is 9.71. The molecule has 0 unspecified atom stereocenters. The van der Waals surface area contributed by atoms with Crippen LogP contribution in [0.25, 0.3) is 0 Å². The number of ether oxygens (including phenoxy) is 1. The van der Waals surface area contributed by atoms with Gasteiger partial charge in [0.1, 0.15) is 5.75 Å². The zero-order valence-electron chi connectivity index (χ0n) is 13.1. The number of carbonyl (C=O) groups excluding carboxylic acids is 1. The summed E-state index contributed by atoms with van der Waals surface area (Å²) in [6, 6.07) is 4.27. The first-order valence-electron chi connectivity index (χ1n) is 7.45. The molecule has 1 amide bonds. The van der Waals surface area contributed by atoms with Crippen molar-refractivity contribution in [1.29, 1.82) is 0 Å². The molecular weight excluding hydrogens is 347 g/mol. The molecule has 0 aromatic heterocycles. The molecule has 24 heavy (non-hydrogen) atoms. The minimum atomic E-state index is -4.38. The molecule has 136 valence electrons. The van der Waals surface area contributed by atoms with Gasteiger partial charge in [0.15, 0.2) is 6.61 Å². The topological polar surface area (TPSA) is 53.6 Å². The van der Waals surface area contributed by atoms with Crippen LogP contribution in [0.3, 0.4) is 0 Å². The van der Waals surface area contributed by atoms with E-state index in [2.05, 4.69) is 15.5 Å². The number of nitrogens with zero attached hydrogens (tertiary/aromatic N) is 1. The van der Waals surface area contributed by atoms with Crippen molar-refractivity contribution in [3.05, 3.63) is 29.8 Å². The molecule has 2 rings (SSSR count). The summed E-state index contributed by atoms with van der Waals surface area (Å²) in [4.78, 5) is 13.9. The fourth-order valence-corrected chi connectivity index (χ4v) is 2.23. The maximum atomic E-state index is 12.4. The molecule has 0 bridgehead atoms. The summed E-state index contributed by atoms with van der Waals surface area (Å²) in [5, 5.41) is 5.98. The van der Waals surface area contributed by atoms with Crippen molar-refractivity contribution < 1.29 is 22.7 Å². The molecule has 9 heteroatoms. The Morgan fingerprint density at radius 3 is 2.42 bits per heavy atom. The van der Waals surface area contributed by atoms with E-state index in [1.807, 2.05) is 0 Å². The Kier molecular flexibility index (Phi) is 8.30. The molecule has 0 aliphatic carbocycles. The van der Waals surface area contributed by atoms with Gasteiger partial charge in [0, 0.05) is 39.3 Å². The van der Waals surface area contributed by atoms with Gasteiger partial charge in [-0.2, -0.15) is 13.2 Å². The van der Waals surface area contributed by atoms with Crippen LogP contribution >= 0.6 is 12.4 Å². The molecule has 1 aromatic rings. The summed E-state index contributed by atoms with van der Waals surface area (Å²) < 4.78 is 42.4. The lowest BCUT2D eigenvalue weighted by molar-refractivity contribution is -0.137. The second-order valence-electron chi connectivity index (χ2n) is 5.25. The summed E-state index contributed by atoms with van der Waals surface area (Å²) in [6.45, 7) is 4.89. The van der Waals surface area contributed by atoms with Crippen LogP contribution in [0.15, 0.2) is 24.3 Å². The Morgan fingerprint density at radius 1 is 1.21 bits per heavy atom. The minimum absolute atomic E-state index is 0. The number of hydrogen-bond donors (Lipinski definition) is 2. The molecule has 0 atom stereocenters. The van der Waals surface area contributed by atoms with Gasteiger partial charge >= 0.3 is 6.18 Å². The van der Waals surface area contributed by atoms with E-state index in [-0.39, 0.29) is 30.7 Å². The standard InChI is InChI=1S/C15H20F3N3O2.ClH/c16-15(17,18)12-1-3-13(4-2-12)23-11-14(22)20-7-10-21-8-5-19-6-9-21;/h1-4,19H,5-11H2,(H,20,22);1H. The maximum absolute atomic E-state index is 12.4. The van der Waals surface area contributed by atoms with E-state index in [4.69, 9.17) is 4.74 Å². The largest absolute Gasteiger partial charge is 0.484 e. The molecule has 0 saturated carbocycles. The lowest BCUT2D eigenvalue weighted by Gasteiger charge is -2.27. The third-order valence-corrected chi connectivity index (χ3v) is 3.51. The van der Waals surface area contributed by atoms with Crippen LogP contribution in [-0.4, -0.2) is 56.7 Å². The van der Waals surface area contributed by atoms with E-state index < -0.39 is 11.7 Å². The maximum Gasteiger partial charge on any atom is 0.416 e. The summed E-state index contributed by atoms with van der Waals surface area (Å²) in [5.74, 6) is -0.0599. The van der Waals surface area contributed by atoms with E-state index in [0.29, 0.717) is 6.54 Å². The first-order chi connectivity index (χ1) is 10.9. The summed E-state index contributed by atoms with van der Waals surface area (Å²) in [7, 11) is 0. The van der Waals surface area contributed by atoms with Crippen molar-refractivity contribution in [2.75, 3.05) is 45.9 Å². The first kappa shape index (κ1) is 20.5. The number of amides is 1. The Balaban J connectivity index is 0.00000288. The Hall–Kier alpha value is -1.51. The van der Waals surface area contributed by atoms with E-state index in [1.54, 1.807) is 0 Å². The lowest BCUT2D eigenvalue weighted by atomic mass is 10.2. The average molecular weight is 368 g/mol. The molecule has 1 saturated heterocycles. The van der Waals surface area contributed by atoms with Crippen LogP contribution < -0.4 is 15.4 Å². The Labute approximate surface area is 144 Å². The summed E-state index contributed by atoms with van der Waals surface area (Å²) in [5.41, 5.74) is -0.745. The van der Waals surface area contributed by atoms with Gasteiger partial charge in [0.2, 0.25) is 0 Å². The molecule has 1 aliphatic rings. The number of carbonyl (C=O) groups is 1. The highest BCUT2D eigenvalue weighted by Crippen LogP contribution is 2.30. The van der Waals surface area contributed by atoms with Gasteiger partial charge in [0.25, 0.3) is 5.91 Å². The van der Waals surface area contributed by atoms with Gasteiger partial charge in [-0.15, -0.1) is 12.4 Å². The Morgan fingerprint density at radius 2 is 1.83 bits per heavy atom. The molecule has 0 spiro atoms. The summed E-state index contributed by atoms with van der Waals surface area (Å²) in [6.07, 6.45) is -4.38.